The Labute approximate surface area is 144 Å². The van der Waals surface area contributed by atoms with E-state index in [0.29, 0.717) is 42.5 Å². The molecule has 132 valence electrons. The van der Waals surface area contributed by atoms with Crippen molar-refractivity contribution < 1.29 is 9.13 Å². The number of halogens is 1. The van der Waals surface area contributed by atoms with E-state index in [1.807, 2.05) is 35.7 Å². The van der Waals surface area contributed by atoms with E-state index in [1.54, 1.807) is 18.0 Å². The van der Waals surface area contributed by atoms with Crippen molar-refractivity contribution in [2.45, 2.75) is 19.5 Å². The number of nitrogens with one attached hydrogen (secondary N) is 1. The van der Waals surface area contributed by atoms with E-state index in [4.69, 9.17) is 4.74 Å². The molecule has 3 aromatic heterocycles. The Bertz CT molecular complexity index is 919. The molecule has 4 rings (SSSR count). The number of alkyl halides is 1. The van der Waals surface area contributed by atoms with Crippen LogP contribution in [0.1, 0.15) is 12.1 Å². The van der Waals surface area contributed by atoms with Crippen LogP contribution in [0, 0.1) is 6.92 Å². The Kier molecular flexibility index (Phi) is 3.70. The van der Waals surface area contributed by atoms with Crippen LogP contribution >= 0.6 is 0 Å². The SMILES string of the molecule is COc1nn(C)cc1Nc1nc(N2CC[C@H](F)C2)cn2c(C)cnc12. The Hall–Kier alpha value is -2.84. The summed E-state index contributed by atoms with van der Waals surface area (Å²) in [5, 5.41) is 7.49. The number of hydrogen-bond donors (Lipinski definition) is 1. The van der Waals surface area contributed by atoms with Crippen molar-refractivity contribution in [1.29, 1.82) is 0 Å². The van der Waals surface area contributed by atoms with Crippen LogP contribution in [0.25, 0.3) is 5.65 Å². The van der Waals surface area contributed by atoms with E-state index < -0.39 is 6.17 Å². The first-order valence-electron chi connectivity index (χ1n) is 8.13. The summed E-state index contributed by atoms with van der Waals surface area (Å²) < 4.78 is 22.5. The second-order valence-corrected chi connectivity index (χ2v) is 6.22. The zero-order valence-corrected chi connectivity index (χ0v) is 14.4. The van der Waals surface area contributed by atoms with E-state index in [2.05, 4.69) is 20.4 Å². The minimum atomic E-state index is -0.809. The maximum atomic E-state index is 13.6. The standard InChI is InChI=1S/C16H20FN7O/c1-10-6-18-15-14(19-12-8-22(2)21-16(12)25-3)20-13(9-24(10)15)23-5-4-11(17)7-23/h6,8-9,11H,4-5,7H2,1-3H3,(H,19,20)/t11-/m0/s1. The van der Waals surface area contributed by atoms with Gasteiger partial charge in [-0.15, -0.1) is 5.10 Å². The number of ether oxygens (including phenoxy) is 1. The third-order valence-corrected chi connectivity index (χ3v) is 4.36. The van der Waals surface area contributed by atoms with Gasteiger partial charge in [0.15, 0.2) is 11.5 Å². The number of anilines is 3. The van der Waals surface area contributed by atoms with Crippen LogP contribution < -0.4 is 15.0 Å². The van der Waals surface area contributed by atoms with Crippen molar-refractivity contribution in [3.05, 3.63) is 24.3 Å². The van der Waals surface area contributed by atoms with Gasteiger partial charge >= 0.3 is 0 Å². The summed E-state index contributed by atoms with van der Waals surface area (Å²) in [6.45, 7) is 2.99. The van der Waals surface area contributed by atoms with Crippen LogP contribution in [-0.4, -0.2) is 50.5 Å². The Morgan fingerprint density at radius 2 is 2.20 bits per heavy atom. The van der Waals surface area contributed by atoms with Crippen molar-refractivity contribution in [3.63, 3.8) is 0 Å². The van der Waals surface area contributed by atoms with Gasteiger partial charge in [0.1, 0.15) is 17.7 Å². The normalized spacial score (nSPS) is 17.4. The molecule has 8 nitrogen and oxygen atoms in total. The Morgan fingerprint density at radius 3 is 2.92 bits per heavy atom. The smallest absolute Gasteiger partial charge is 0.256 e. The number of aryl methyl sites for hydroxylation is 2. The third-order valence-electron chi connectivity index (χ3n) is 4.36. The zero-order chi connectivity index (χ0) is 17.6. The molecule has 9 heteroatoms. The fraction of sp³-hybridized carbons (Fsp3) is 0.438. The molecule has 1 saturated heterocycles. The Balaban J connectivity index is 1.78. The molecule has 0 aromatic carbocycles. The van der Waals surface area contributed by atoms with Crippen molar-refractivity contribution >= 4 is 23.0 Å². The van der Waals surface area contributed by atoms with Gasteiger partial charge in [0, 0.05) is 25.5 Å². The lowest BCUT2D eigenvalue weighted by Crippen LogP contribution is -2.22. The lowest BCUT2D eigenvalue weighted by atomic mass is 10.3. The Morgan fingerprint density at radius 1 is 1.36 bits per heavy atom. The van der Waals surface area contributed by atoms with E-state index >= 15 is 0 Å². The van der Waals surface area contributed by atoms with Gasteiger partial charge in [0.05, 0.1) is 26.0 Å². The fourth-order valence-electron chi connectivity index (χ4n) is 3.09. The molecule has 1 aliphatic rings. The van der Waals surface area contributed by atoms with Crippen molar-refractivity contribution in [2.24, 2.45) is 7.05 Å². The minimum Gasteiger partial charge on any atom is -0.478 e. The summed E-state index contributed by atoms with van der Waals surface area (Å²) in [4.78, 5) is 11.1. The summed E-state index contributed by atoms with van der Waals surface area (Å²) in [6, 6.07) is 0. The minimum absolute atomic E-state index is 0.363. The fourth-order valence-corrected chi connectivity index (χ4v) is 3.09. The van der Waals surface area contributed by atoms with Crippen molar-refractivity contribution in [2.75, 3.05) is 30.4 Å². The molecule has 1 atom stereocenters. The molecule has 0 bridgehead atoms. The zero-order valence-electron chi connectivity index (χ0n) is 14.4. The monoisotopic (exact) mass is 345 g/mol. The van der Waals surface area contributed by atoms with Crippen molar-refractivity contribution in [3.8, 4) is 5.88 Å². The van der Waals surface area contributed by atoms with Crippen LogP contribution in [0.5, 0.6) is 5.88 Å². The number of rotatable bonds is 4. The van der Waals surface area contributed by atoms with E-state index in [9.17, 15) is 4.39 Å². The van der Waals surface area contributed by atoms with Crippen LogP contribution in [0.15, 0.2) is 18.6 Å². The van der Waals surface area contributed by atoms with E-state index in [1.165, 1.54) is 0 Å². The molecule has 0 saturated carbocycles. The van der Waals surface area contributed by atoms with Gasteiger partial charge in [-0.3, -0.25) is 9.08 Å². The van der Waals surface area contributed by atoms with Gasteiger partial charge in [-0.2, -0.15) is 0 Å². The molecular weight excluding hydrogens is 325 g/mol. The van der Waals surface area contributed by atoms with Crippen molar-refractivity contribution in [1.82, 2.24) is 24.1 Å². The average Bonchev–Trinajstić information content (AvgIpc) is 3.27. The number of fused-ring (bicyclic) bond motifs is 1. The van der Waals surface area contributed by atoms with Gasteiger partial charge in [-0.1, -0.05) is 0 Å². The number of nitrogens with zero attached hydrogens (tertiary/aromatic N) is 6. The summed E-state index contributed by atoms with van der Waals surface area (Å²) in [6.07, 6.45) is 5.22. The molecule has 0 radical (unpaired) electrons. The highest BCUT2D eigenvalue weighted by atomic mass is 19.1. The van der Waals surface area contributed by atoms with E-state index in [0.717, 1.165) is 11.5 Å². The first kappa shape index (κ1) is 15.7. The third kappa shape index (κ3) is 2.75. The summed E-state index contributed by atoms with van der Waals surface area (Å²) in [7, 11) is 3.39. The second kappa shape index (κ2) is 5.91. The molecule has 1 aliphatic heterocycles. The van der Waals surface area contributed by atoms with Crippen LogP contribution in [0.2, 0.25) is 0 Å². The number of aromatic nitrogens is 5. The lowest BCUT2D eigenvalue weighted by molar-refractivity contribution is 0.364. The van der Waals surface area contributed by atoms with E-state index in [-0.39, 0.29) is 0 Å². The molecule has 4 heterocycles. The van der Waals surface area contributed by atoms with Gasteiger partial charge in [-0.25, -0.2) is 14.4 Å². The highest BCUT2D eigenvalue weighted by Gasteiger charge is 2.24. The summed E-state index contributed by atoms with van der Waals surface area (Å²) in [5.74, 6) is 1.78. The largest absolute Gasteiger partial charge is 0.478 e. The molecule has 0 aliphatic carbocycles. The first-order valence-corrected chi connectivity index (χ1v) is 8.13. The molecule has 1 fully saturated rings. The van der Waals surface area contributed by atoms with Gasteiger partial charge < -0.3 is 15.0 Å². The number of hydrogen-bond acceptors (Lipinski definition) is 6. The van der Waals surface area contributed by atoms with Crippen LogP contribution in [-0.2, 0) is 7.05 Å². The predicted octanol–water partition coefficient (Wildman–Crippen LogP) is 2.07. The molecule has 3 aromatic rings. The maximum absolute atomic E-state index is 13.6. The predicted molar refractivity (Wildman–Crippen MR) is 92.5 cm³/mol. The maximum Gasteiger partial charge on any atom is 0.256 e. The number of methoxy groups -OCH3 is 1. The van der Waals surface area contributed by atoms with Gasteiger partial charge in [0.2, 0.25) is 0 Å². The molecule has 1 N–H and O–H groups in total. The molecule has 25 heavy (non-hydrogen) atoms. The highest BCUT2D eigenvalue weighted by molar-refractivity contribution is 5.74. The highest BCUT2D eigenvalue weighted by Crippen LogP contribution is 2.29. The molecule has 0 amide bonds. The van der Waals surface area contributed by atoms with Gasteiger partial charge in [-0.05, 0) is 13.3 Å². The van der Waals surface area contributed by atoms with Crippen LogP contribution in [0.4, 0.5) is 21.7 Å². The number of imidazole rings is 1. The summed E-state index contributed by atoms with van der Waals surface area (Å²) >= 11 is 0. The molecular formula is C16H20FN7O. The van der Waals surface area contributed by atoms with Gasteiger partial charge in [0.25, 0.3) is 5.88 Å². The summed E-state index contributed by atoms with van der Waals surface area (Å²) in [5.41, 5.74) is 2.38. The second-order valence-electron chi connectivity index (χ2n) is 6.22. The molecule has 0 unspecified atom stereocenters. The topological polar surface area (TPSA) is 72.5 Å². The quantitative estimate of drug-likeness (QED) is 0.780. The lowest BCUT2D eigenvalue weighted by Gasteiger charge is -2.18. The average molecular weight is 345 g/mol. The first-order chi connectivity index (χ1) is 12.0. The van der Waals surface area contributed by atoms with Crippen LogP contribution in [0.3, 0.4) is 0 Å². The molecule has 0 spiro atoms.